The van der Waals surface area contributed by atoms with Crippen LogP contribution in [-0.2, 0) is 0 Å². The Morgan fingerprint density at radius 2 is 0.824 bits per heavy atom. The quantitative estimate of drug-likeness (QED) is 0.278. The lowest BCUT2D eigenvalue weighted by Gasteiger charge is -2.02. The average Bonchev–Trinajstić information content (AvgIpc) is 2.31. The molecule has 0 N–H and O–H groups in total. The monoisotopic (exact) mass is 315 g/mol. The first-order valence-corrected chi connectivity index (χ1v) is 8.71. The summed E-state index contributed by atoms with van der Waals surface area (Å²) in [7, 11) is 0. The molecular weight excluding hydrogens is 284 g/mol. The van der Waals surface area contributed by atoms with E-state index in [0.29, 0.717) is 0 Å². The van der Waals surface area contributed by atoms with Gasteiger partial charge in [-0.2, -0.15) is 4.55 Å². The van der Waals surface area contributed by atoms with Crippen LogP contribution in [0, 0.1) is 0 Å². The van der Waals surface area contributed by atoms with Gasteiger partial charge in [-0.15, -0.1) is 17.0 Å². The minimum absolute atomic E-state index is 0. The highest BCUT2D eigenvalue weighted by Crippen LogP contribution is 2.12. The summed E-state index contributed by atoms with van der Waals surface area (Å²) >= 11 is 2.11. The van der Waals surface area contributed by atoms with Gasteiger partial charge in [-0.25, -0.2) is 0 Å². The molecule has 0 saturated carbocycles. The lowest BCUT2D eigenvalue weighted by Crippen LogP contribution is -1.82. The minimum Gasteiger partial charge on any atom is -0.177 e. The summed E-state index contributed by atoms with van der Waals surface area (Å²) in [5, 5.41) is 0. The summed E-state index contributed by atoms with van der Waals surface area (Å²) in [5.41, 5.74) is 0. The van der Waals surface area contributed by atoms with Gasteiger partial charge in [0.05, 0.1) is 0 Å². The standard InChI is InChI=1S/C15H31.BrH.Mg/c1-3-5-7-9-11-13-15-14-12-10-8-6-4-2;;/h1,3-15H2,2H3;1H;. The maximum Gasteiger partial charge on any atom is 0.222 e. The Hall–Kier alpha value is 1.25. The fraction of sp³-hybridized carbons (Fsp3) is 1.00. The zero-order valence-corrected chi connectivity index (χ0v) is 15.1. The van der Waals surface area contributed by atoms with Crippen LogP contribution in [-0.4, -0.2) is 21.7 Å². The second kappa shape index (κ2) is 19.6. The number of hydrogen-bond acceptors (Lipinski definition) is 0. The summed E-state index contributed by atoms with van der Waals surface area (Å²) in [4.78, 5) is 0. The van der Waals surface area contributed by atoms with Crippen LogP contribution in [0.4, 0.5) is 0 Å². The first-order chi connectivity index (χ1) is 7.91. The van der Waals surface area contributed by atoms with Gasteiger partial charge in [-0.1, -0.05) is 90.4 Å². The van der Waals surface area contributed by atoms with Crippen LogP contribution in [0.5, 0.6) is 0 Å². The van der Waals surface area contributed by atoms with E-state index < -0.39 is 0 Å². The maximum atomic E-state index is 2.29. The first-order valence-electron chi connectivity index (χ1n) is 7.71. The van der Waals surface area contributed by atoms with E-state index in [1.165, 1.54) is 88.0 Å². The highest BCUT2D eigenvalue weighted by molar-refractivity contribution is 8.93. The van der Waals surface area contributed by atoms with Gasteiger partial charge in [0.1, 0.15) is 0 Å². The lowest BCUT2D eigenvalue weighted by molar-refractivity contribution is 0.542. The van der Waals surface area contributed by atoms with Crippen molar-refractivity contribution in [3.05, 3.63) is 0 Å². The number of rotatable bonds is 13. The van der Waals surface area contributed by atoms with Gasteiger partial charge in [0.15, 0.2) is 0 Å². The van der Waals surface area contributed by atoms with Gasteiger partial charge in [0, 0.05) is 0 Å². The fourth-order valence-electron chi connectivity index (χ4n) is 2.19. The molecule has 0 saturated heterocycles. The Kier molecular flexibility index (Phi) is 23.7. The molecule has 2 heteroatoms. The van der Waals surface area contributed by atoms with E-state index in [2.05, 4.69) is 28.6 Å². The summed E-state index contributed by atoms with van der Waals surface area (Å²) in [5.74, 6) is 0. The van der Waals surface area contributed by atoms with Gasteiger partial charge < -0.3 is 0 Å². The fourth-order valence-corrected chi connectivity index (χ4v) is 2.55. The van der Waals surface area contributed by atoms with E-state index in [0.717, 1.165) is 0 Å². The summed E-state index contributed by atoms with van der Waals surface area (Å²) in [6.07, 6.45) is 19.1. The summed E-state index contributed by atoms with van der Waals surface area (Å²) < 4.78 is 1.40. The van der Waals surface area contributed by atoms with Crippen LogP contribution >= 0.6 is 17.0 Å². The van der Waals surface area contributed by atoms with Crippen molar-refractivity contribution in [2.24, 2.45) is 0 Å². The van der Waals surface area contributed by atoms with E-state index in [-0.39, 0.29) is 17.0 Å². The zero-order chi connectivity index (χ0) is 11.9. The predicted octanol–water partition coefficient (Wildman–Crippen LogP) is 6.24. The SMILES string of the molecule is Br.CCCCCCCCCCCCCC[CH2][Mg]. The Balaban J connectivity index is 0. The molecule has 0 fully saturated rings. The van der Waals surface area contributed by atoms with Crippen molar-refractivity contribution in [1.29, 1.82) is 0 Å². The van der Waals surface area contributed by atoms with Gasteiger partial charge >= 0.3 is 0 Å². The second-order valence-corrected chi connectivity index (χ2v) is 5.80. The zero-order valence-electron chi connectivity index (χ0n) is 12.0. The molecule has 0 aliphatic carbocycles. The van der Waals surface area contributed by atoms with E-state index in [1.807, 2.05) is 0 Å². The van der Waals surface area contributed by atoms with E-state index in [1.54, 1.807) is 0 Å². The molecule has 0 amide bonds. The van der Waals surface area contributed by atoms with E-state index >= 15 is 0 Å². The molecule has 0 atom stereocenters. The summed E-state index contributed by atoms with van der Waals surface area (Å²) in [6, 6.07) is 0. The van der Waals surface area contributed by atoms with Gasteiger partial charge in [0.2, 0.25) is 21.7 Å². The van der Waals surface area contributed by atoms with Gasteiger partial charge in [0.25, 0.3) is 0 Å². The smallest absolute Gasteiger partial charge is 0.177 e. The third-order valence-electron chi connectivity index (χ3n) is 3.35. The van der Waals surface area contributed by atoms with Crippen LogP contribution in [0.3, 0.4) is 0 Å². The van der Waals surface area contributed by atoms with Crippen LogP contribution < -0.4 is 0 Å². The second-order valence-electron chi connectivity index (χ2n) is 5.10. The Labute approximate surface area is 133 Å². The molecule has 0 aliphatic rings. The molecule has 0 aromatic rings. The van der Waals surface area contributed by atoms with Gasteiger partial charge in [-0.05, 0) is 0 Å². The first kappa shape index (κ1) is 20.6. The molecule has 0 aromatic carbocycles. The molecule has 0 aliphatic heterocycles. The number of unbranched alkanes of at least 4 members (excludes halogenated alkanes) is 12. The van der Waals surface area contributed by atoms with Crippen LogP contribution in [0.15, 0.2) is 0 Å². The molecule has 0 heterocycles. The van der Waals surface area contributed by atoms with Crippen molar-refractivity contribution in [1.82, 2.24) is 0 Å². The van der Waals surface area contributed by atoms with Crippen LogP contribution in [0.25, 0.3) is 0 Å². The largest absolute Gasteiger partial charge is 0.222 e. The lowest BCUT2D eigenvalue weighted by atomic mass is 10.1. The number of hydrogen-bond donors (Lipinski definition) is 0. The third-order valence-corrected chi connectivity index (χ3v) is 3.85. The normalized spacial score (nSPS) is 10.1. The third kappa shape index (κ3) is 19.8. The van der Waals surface area contributed by atoms with Crippen molar-refractivity contribution in [3.63, 3.8) is 0 Å². The maximum absolute atomic E-state index is 2.29. The van der Waals surface area contributed by atoms with Gasteiger partial charge in [-0.3, -0.25) is 0 Å². The van der Waals surface area contributed by atoms with Crippen molar-refractivity contribution >= 4 is 38.7 Å². The average molecular weight is 317 g/mol. The summed E-state index contributed by atoms with van der Waals surface area (Å²) in [6.45, 7) is 2.29. The van der Waals surface area contributed by atoms with Crippen molar-refractivity contribution in [3.8, 4) is 0 Å². The van der Waals surface area contributed by atoms with Crippen molar-refractivity contribution < 1.29 is 0 Å². The molecule has 0 nitrogen and oxygen atoms in total. The van der Waals surface area contributed by atoms with Crippen LogP contribution in [0.1, 0.15) is 90.4 Å². The van der Waals surface area contributed by atoms with E-state index in [4.69, 9.17) is 0 Å². The molecule has 17 heavy (non-hydrogen) atoms. The Morgan fingerprint density at radius 1 is 0.529 bits per heavy atom. The molecule has 0 aromatic heterocycles. The molecule has 0 unspecified atom stereocenters. The Morgan fingerprint density at radius 3 is 1.12 bits per heavy atom. The number of halogens is 1. The minimum atomic E-state index is 0. The molecule has 0 rings (SSSR count). The highest BCUT2D eigenvalue weighted by atomic mass is 79.9. The Bertz CT molecular complexity index is 103. The predicted molar refractivity (Wildman–Crippen MR) is 86.6 cm³/mol. The molecule has 1 radical (unpaired) electrons. The molecule has 101 valence electrons. The van der Waals surface area contributed by atoms with Crippen molar-refractivity contribution in [2.45, 2.75) is 94.9 Å². The molecular formula is C15H32BrMg. The topological polar surface area (TPSA) is 0 Å². The molecule has 0 bridgehead atoms. The molecule has 0 spiro atoms. The highest BCUT2D eigenvalue weighted by Gasteiger charge is 1.92. The van der Waals surface area contributed by atoms with Crippen LogP contribution in [0.2, 0.25) is 4.55 Å². The van der Waals surface area contributed by atoms with Crippen molar-refractivity contribution in [2.75, 3.05) is 0 Å². The van der Waals surface area contributed by atoms with E-state index in [9.17, 15) is 0 Å².